The number of amides is 2. The van der Waals surface area contributed by atoms with E-state index in [4.69, 9.17) is 0 Å². The molecule has 7 nitrogen and oxygen atoms in total. The monoisotopic (exact) mass is 267 g/mol. The van der Waals surface area contributed by atoms with Crippen molar-refractivity contribution >= 4 is 29.5 Å². The Morgan fingerprint density at radius 3 is 3.28 bits per heavy atom. The quantitative estimate of drug-likeness (QED) is 0.798. The fourth-order valence-corrected chi connectivity index (χ4v) is 3.91. The zero-order valence-corrected chi connectivity index (χ0v) is 10.7. The van der Waals surface area contributed by atoms with E-state index >= 15 is 0 Å². The number of aromatic nitrogens is 3. The zero-order valence-electron chi connectivity index (χ0n) is 9.84. The van der Waals surface area contributed by atoms with Crippen LogP contribution in [0, 0.1) is 0 Å². The molecule has 3 rings (SSSR count). The molecule has 0 saturated carbocycles. The molecule has 0 aromatic carbocycles. The minimum Gasteiger partial charge on any atom is -0.315 e. The molecule has 2 aliphatic heterocycles. The molecular weight excluding hydrogens is 254 g/mol. The lowest BCUT2D eigenvalue weighted by Gasteiger charge is -2.29. The summed E-state index contributed by atoms with van der Waals surface area (Å²) in [6, 6.07) is -0.417. The molecule has 2 saturated heterocycles. The first kappa shape index (κ1) is 11.5. The number of anilines is 1. The summed E-state index contributed by atoms with van der Waals surface area (Å²) in [7, 11) is 0. The number of fused-ring (bicyclic) bond motifs is 1. The van der Waals surface area contributed by atoms with E-state index in [0.29, 0.717) is 18.1 Å². The van der Waals surface area contributed by atoms with Gasteiger partial charge in [0.2, 0.25) is 17.8 Å². The van der Waals surface area contributed by atoms with E-state index in [9.17, 15) is 9.59 Å². The van der Waals surface area contributed by atoms with E-state index in [0.717, 1.165) is 6.42 Å². The van der Waals surface area contributed by atoms with Crippen LogP contribution in [0.3, 0.4) is 0 Å². The van der Waals surface area contributed by atoms with Crippen LogP contribution in [0.25, 0.3) is 0 Å². The largest absolute Gasteiger partial charge is 0.315 e. The van der Waals surface area contributed by atoms with Crippen molar-refractivity contribution in [3.05, 3.63) is 6.33 Å². The van der Waals surface area contributed by atoms with Gasteiger partial charge >= 0.3 is 0 Å². The van der Waals surface area contributed by atoms with Crippen LogP contribution in [0.1, 0.15) is 19.8 Å². The second-order valence-corrected chi connectivity index (χ2v) is 6.09. The lowest BCUT2D eigenvalue weighted by molar-refractivity contribution is -0.135. The Labute approximate surface area is 108 Å². The highest BCUT2D eigenvalue weighted by atomic mass is 32.2. The SMILES string of the molecule is CC12CCC(=O)N1C(C(=O)Nc1ncn[nH]1)CS2. The molecule has 1 aromatic rings. The second-order valence-electron chi connectivity index (χ2n) is 4.59. The maximum Gasteiger partial charge on any atom is 0.250 e. The molecule has 0 bridgehead atoms. The normalized spacial score (nSPS) is 30.6. The Morgan fingerprint density at radius 2 is 2.56 bits per heavy atom. The smallest absolute Gasteiger partial charge is 0.250 e. The Morgan fingerprint density at radius 1 is 1.72 bits per heavy atom. The lowest BCUT2D eigenvalue weighted by Crippen LogP contribution is -2.48. The topological polar surface area (TPSA) is 91.0 Å². The number of nitrogens with zero attached hydrogens (tertiary/aromatic N) is 3. The maximum absolute atomic E-state index is 12.1. The summed E-state index contributed by atoms with van der Waals surface area (Å²) in [5, 5.41) is 8.87. The van der Waals surface area contributed by atoms with Crippen LogP contribution in [0.4, 0.5) is 5.95 Å². The first-order valence-corrected chi connectivity index (χ1v) is 6.71. The molecule has 18 heavy (non-hydrogen) atoms. The van der Waals surface area contributed by atoms with Gasteiger partial charge in [0.15, 0.2) is 0 Å². The molecule has 2 amide bonds. The molecule has 3 heterocycles. The van der Waals surface area contributed by atoms with Gasteiger partial charge in [-0.05, 0) is 13.3 Å². The number of aromatic amines is 1. The van der Waals surface area contributed by atoms with Crippen LogP contribution >= 0.6 is 11.8 Å². The van der Waals surface area contributed by atoms with Gasteiger partial charge in [0.25, 0.3) is 0 Å². The van der Waals surface area contributed by atoms with Gasteiger partial charge in [0.05, 0.1) is 4.87 Å². The third kappa shape index (κ3) is 1.67. The van der Waals surface area contributed by atoms with Crippen molar-refractivity contribution in [1.82, 2.24) is 20.1 Å². The summed E-state index contributed by atoms with van der Waals surface area (Å²) >= 11 is 1.67. The molecule has 0 radical (unpaired) electrons. The predicted octanol–water partition coefficient (Wildman–Crippen LogP) is 0.197. The fraction of sp³-hybridized carbons (Fsp3) is 0.600. The standard InChI is InChI=1S/C10H13N5O2S/c1-10-3-2-7(16)15(10)6(4-18-10)8(17)13-9-11-5-12-14-9/h5-6H,2-4H2,1H3,(H2,11,12,13,14,17). The molecule has 8 heteroatoms. The molecule has 2 aliphatic rings. The van der Waals surface area contributed by atoms with Crippen LogP contribution in [-0.2, 0) is 9.59 Å². The predicted molar refractivity (Wildman–Crippen MR) is 65.7 cm³/mol. The summed E-state index contributed by atoms with van der Waals surface area (Å²) in [6.07, 6.45) is 2.66. The first-order valence-electron chi connectivity index (χ1n) is 5.72. The van der Waals surface area contributed by atoms with Crippen molar-refractivity contribution in [3.63, 3.8) is 0 Å². The lowest BCUT2D eigenvalue weighted by atomic mass is 10.2. The number of rotatable bonds is 2. The van der Waals surface area contributed by atoms with Crippen LogP contribution in [0.5, 0.6) is 0 Å². The Bertz CT molecular complexity index is 490. The van der Waals surface area contributed by atoms with Crippen LogP contribution in [0.2, 0.25) is 0 Å². The van der Waals surface area contributed by atoms with Gasteiger partial charge in [-0.3, -0.25) is 14.9 Å². The van der Waals surface area contributed by atoms with Crippen molar-refractivity contribution in [2.24, 2.45) is 0 Å². The highest BCUT2D eigenvalue weighted by Crippen LogP contribution is 2.47. The fourth-order valence-electron chi connectivity index (χ4n) is 2.48. The highest BCUT2D eigenvalue weighted by molar-refractivity contribution is 8.01. The summed E-state index contributed by atoms with van der Waals surface area (Å²) < 4.78 is 0. The van der Waals surface area contributed by atoms with E-state index in [1.807, 2.05) is 6.92 Å². The van der Waals surface area contributed by atoms with E-state index in [2.05, 4.69) is 20.5 Å². The number of hydrogen-bond donors (Lipinski definition) is 2. The Hall–Kier alpha value is -1.57. The van der Waals surface area contributed by atoms with E-state index in [-0.39, 0.29) is 16.7 Å². The Kier molecular flexibility index (Phi) is 2.54. The van der Waals surface area contributed by atoms with E-state index < -0.39 is 6.04 Å². The van der Waals surface area contributed by atoms with Crippen molar-refractivity contribution in [1.29, 1.82) is 0 Å². The number of carbonyl (C=O) groups excluding carboxylic acids is 2. The van der Waals surface area contributed by atoms with Crippen LogP contribution in [0.15, 0.2) is 6.33 Å². The van der Waals surface area contributed by atoms with E-state index in [1.54, 1.807) is 16.7 Å². The van der Waals surface area contributed by atoms with Gasteiger partial charge < -0.3 is 4.90 Å². The third-order valence-corrected chi connectivity index (χ3v) is 4.91. The average molecular weight is 267 g/mol. The molecule has 2 fully saturated rings. The molecular formula is C10H13N5O2S. The molecule has 2 atom stereocenters. The summed E-state index contributed by atoms with van der Waals surface area (Å²) in [6.45, 7) is 2.02. The van der Waals surface area contributed by atoms with Gasteiger partial charge in [0.1, 0.15) is 12.4 Å². The zero-order chi connectivity index (χ0) is 12.8. The van der Waals surface area contributed by atoms with Gasteiger partial charge in [0, 0.05) is 12.2 Å². The van der Waals surface area contributed by atoms with Crippen LogP contribution in [-0.4, -0.2) is 48.6 Å². The number of hydrogen-bond acceptors (Lipinski definition) is 5. The maximum atomic E-state index is 12.1. The van der Waals surface area contributed by atoms with Gasteiger partial charge in [-0.25, -0.2) is 5.10 Å². The molecule has 2 N–H and O–H groups in total. The first-order chi connectivity index (χ1) is 8.60. The van der Waals surface area contributed by atoms with Crippen molar-refractivity contribution in [3.8, 4) is 0 Å². The molecule has 96 valence electrons. The van der Waals surface area contributed by atoms with Gasteiger partial charge in [-0.1, -0.05) is 0 Å². The number of nitrogens with one attached hydrogen (secondary N) is 2. The summed E-state index contributed by atoms with van der Waals surface area (Å²) in [5.74, 6) is 0.783. The minimum atomic E-state index is -0.417. The van der Waals surface area contributed by atoms with Crippen molar-refractivity contribution in [2.45, 2.75) is 30.7 Å². The van der Waals surface area contributed by atoms with E-state index in [1.165, 1.54) is 6.33 Å². The van der Waals surface area contributed by atoms with Gasteiger partial charge in [-0.15, -0.1) is 11.8 Å². The Balaban J connectivity index is 1.77. The average Bonchev–Trinajstić information content (AvgIpc) is 2.99. The van der Waals surface area contributed by atoms with Crippen molar-refractivity contribution < 1.29 is 9.59 Å². The highest BCUT2D eigenvalue weighted by Gasteiger charge is 2.52. The second kappa shape index (κ2) is 3.98. The number of thioether (sulfide) groups is 1. The number of carbonyl (C=O) groups is 2. The summed E-state index contributed by atoms with van der Waals surface area (Å²) in [5.41, 5.74) is 0. The van der Waals surface area contributed by atoms with Gasteiger partial charge in [-0.2, -0.15) is 10.1 Å². The third-order valence-electron chi connectivity index (χ3n) is 3.40. The molecule has 0 aliphatic carbocycles. The minimum absolute atomic E-state index is 0.0558. The van der Waals surface area contributed by atoms with Crippen molar-refractivity contribution in [2.75, 3.05) is 11.1 Å². The number of H-pyrrole nitrogens is 1. The van der Waals surface area contributed by atoms with Crippen LogP contribution < -0.4 is 5.32 Å². The summed E-state index contributed by atoms with van der Waals surface area (Å²) in [4.78, 5) is 29.3. The molecule has 1 aromatic heterocycles. The molecule has 0 spiro atoms. The molecule has 2 unspecified atom stereocenters.